The molecule has 0 spiro atoms. The molecule has 3 nitrogen and oxygen atoms in total. The van der Waals surface area contributed by atoms with E-state index in [0.29, 0.717) is 5.69 Å². The van der Waals surface area contributed by atoms with Gasteiger partial charge >= 0.3 is 5.97 Å². The summed E-state index contributed by atoms with van der Waals surface area (Å²) in [6.45, 7) is 4.03. The van der Waals surface area contributed by atoms with Gasteiger partial charge in [-0.2, -0.15) is 0 Å². The molecule has 2 rings (SSSR count). The summed E-state index contributed by atoms with van der Waals surface area (Å²) in [5.74, 6) is -0.408. The molecule has 0 saturated carbocycles. The summed E-state index contributed by atoms with van der Waals surface area (Å²) in [6.07, 6.45) is 1.73. The van der Waals surface area contributed by atoms with Gasteiger partial charge in [-0.25, -0.2) is 9.78 Å². The molecule has 0 N–H and O–H groups in total. The molecule has 2 aromatic rings. The van der Waals surface area contributed by atoms with Gasteiger partial charge in [0.25, 0.3) is 0 Å². The number of nitrogens with zero attached hydrogens (tertiary/aromatic N) is 1. The summed E-state index contributed by atoms with van der Waals surface area (Å²) in [5, 5.41) is 0. The van der Waals surface area contributed by atoms with Crippen LogP contribution >= 0.6 is 0 Å². The fourth-order valence-electron chi connectivity index (χ4n) is 1.93. The summed E-state index contributed by atoms with van der Waals surface area (Å²) >= 11 is 0. The van der Waals surface area contributed by atoms with Gasteiger partial charge < -0.3 is 4.74 Å². The van der Waals surface area contributed by atoms with Crippen molar-refractivity contribution in [3.63, 3.8) is 0 Å². The average Bonchev–Trinajstić information content (AvgIpc) is 2.39. The van der Waals surface area contributed by atoms with Crippen LogP contribution in [0.5, 0.6) is 0 Å². The van der Waals surface area contributed by atoms with Crippen LogP contribution in [0.2, 0.25) is 0 Å². The van der Waals surface area contributed by atoms with Crippen LogP contribution in [0.25, 0.3) is 11.1 Å². The van der Waals surface area contributed by atoms with E-state index in [4.69, 9.17) is 0 Å². The van der Waals surface area contributed by atoms with Crippen molar-refractivity contribution in [1.29, 1.82) is 0 Å². The van der Waals surface area contributed by atoms with E-state index in [9.17, 15) is 4.79 Å². The van der Waals surface area contributed by atoms with Gasteiger partial charge in [-0.3, -0.25) is 0 Å². The normalized spacial score (nSPS) is 10.2. The lowest BCUT2D eigenvalue weighted by molar-refractivity contribution is 0.0594. The first-order valence-electron chi connectivity index (χ1n) is 5.74. The second kappa shape index (κ2) is 5.00. The molecule has 0 amide bonds. The first-order chi connectivity index (χ1) is 8.63. The summed E-state index contributed by atoms with van der Waals surface area (Å²) in [6, 6.07) is 9.87. The molecule has 3 heteroatoms. The number of methoxy groups -OCH3 is 1. The fourth-order valence-corrected chi connectivity index (χ4v) is 1.93. The Morgan fingerprint density at radius 2 is 1.83 bits per heavy atom. The molecule has 1 aromatic carbocycles. The van der Waals surface area contributed by atoms with Crippen LogP contribution in [0.1, 0.15) is 21.6 Å². The third-order valence-corrected chi connectivity index (χ3v) is 2.94. The van der Waals surface area contributed by atoms with E-state index in [2.05, 4.69) is 28.8 Å². The molecule has 0 radical (unpaired) electrons. The number of benzene rings is 1. The number of ether oxygens (including phenoxy) is 1. The number of hydrogen-bond donors (Lipinski definition) is 0. The average molecular weight is 241 g/mol. The standard InChI is InChI=1S/C15H15NO2/c1-10-6-4-5-7-12(10)13-9-16-14(8-11(13)2)15(17)18-3/h4-9H,1-3H3. The van der Waals surface area contributed by atoms with E-state index in [0.717, 1.165) is 16.7 Å². The zero-order valence-electron chi connectivity index (χ0n) is 10.7. The van der Waals surface area contributed by atoms with Crippen LogP contribution in [0, 0.1) is 13.8 Å². The Balaban J connectivity index is 2.49. The van der Waals surface area contributed by atoms with Gasteiger partial charge in [-0.15, -0.1) is 0 Å². The topological polar surface area (TPSA) is 39.2 Å². The van der Waals surface area contributed by atoms with Crippen molar-refractivity contribution < 1.29 is 9.53 Å². The maximum absolute atomic E-state index is 11.4. The highest BCUT2D eigenvalue weighted by Gasteiger charge is 2.11. The quantitative estimate of drug-likeness (QED) is 0.758. The van der Waals surface area contributed by atoms with E-state index in [1.54, 1.807) is 12.3 Å². The van der Waals surface area contributed by atoms with E-state index in [1.807, 2.05) is 19.1 Å². The minimum absolute atomic E-state index is 0.340. The predicted molar refractivity (Wildman–Crippen MR) is 70.5 cm³/mol. The third-order valence-electron chi connectivity index (χ3n) is 2.94. The first-order valence-corrected chi connectivity index (χ1v) is 5.74. The highest BCUT2D eigenvalue weighted by molar-refractivity contribution is 5.88. The summed E-state index contributed by atoms with van der Waals surface area (Å²) in [7, 11) is 1.36. The van der Waals surface area contributed by atoms with Gasteiger partial charge in [0.2, 0.25) is 0 Å². The Hall–Kier alpha value is -2.16. The van der Waals surface area contributed by atoms with Crippen molar-refractivity contribution in [3.8, 4) is 11.1 Å². The third kappa shape index (κ3) is 2.25. The molecule has 92 valence electrons. The van der Waals surface area contributed by atoms with Gasteiger partial charge in [0.15, 0.2) is 0 Å². The number of carbonyl (C=O) groups excluding carboxylic acids is 1. The Kier molecular flexibility index (Phi) is 3.42. The number of aryl methyl sites for hydroxylation is 2. The second-order valence-corrected chi connectivity index (χ2v) is 4.19. The van der Waals surface area contributed by atoms with Crippen molar-refractivity contribution in [1.82, 2.24) is 4.98 Å². The van der Waals surface area contributed by atoms with Crippen LogP contribution in [-0.2, 0) is 4.74 Å². The molecular weight excluding hydrogens is 226 g/mol. The molecule has 0 saturated heterocycles. The molecule has 0 fully saturated rings. The van der Waals surface area contributed by atoms with Crippen LogP contribution in [0.4, 0.5) is 0 Å². The Morgan fingerprint density at radius 3 is 2.44 bits per heavy atom. The summed E-state index contributed by atoms with van der Waals surface area (Å²) < 4.78 is 4.66. The van der Waals surface area contributed by atoms with Crippen molar-refractivity contribution in [2.45, 2.75) is 13.8 Å². The lowest BCUT2D eigenvalue weighted by Crippen LogP contribution is -2.05. The van der Waals surface area contributed by atoms with Gasteiger partial charge in [0, 0.05) is 11.8 Å². The first kappa shape index (κ1) is 12.3. The minimum Gasteiger partial charge on any atom is -0.464 e. The van der Waals surface area contributed by atoms with E-state index in [-0.39, 0.29) is 0 Å². The van der Waals surface area contributed by atoms with Crippen LogP contribution < -0.4 is 0 Å². The zero-order valence-corrected chi connectivity index (χ0v) is 10.7. The summed E-state index contributed by atoms with van der Waals surface area (Å²) in [5.41, 5.74) is 4.72. The van der Waals surface area contributed by atoms with E-state index < -0.39 is 5.97 Å². The summed E-state index contributed by atoms with van der Waals surface area (Å²) in [4.78, 5) is 15.5. The van der Waals surface area contributed by atoms with Gasteiger partial charge in [-0.1, -0.05) is 24.3 Å². The second-order valence-electron chi connectivity index (χ2n) is 4.19. The lowest BCUT2D eigenvalue weighted by atomic mass is 9.98. The highest BCUT2D eigenvalue weighted by Crippen LogP contribution is 2.26. The van der Waals surface area contributed by atoms with Crippen molar-refractivity contribution in [2.24, 2.45) is 0 Å². The monoisotopic (exact) mass is 241 g/mol. The molecule has 0 aliphatic heterocycles. The van der Waals surface area contributed by atoms with Gasteiger partial charge in [-0.05, 0) is 36.6 Å². The number of carbonyl (C=O) groups is 1. The number of pyridine rings is 1. The maximum atomic E-state index is 11.4. The molecule has 0 atom stereocenters. The van der Waals surface area contributed by atoms with Gasteiger partial charge in [0.05, 0.1) is 7.11 Å². The van der Waals surface area contributed by atoms with E-state index >= 15 is 0 Å². The van der Waals surface area contributed by atoms with Crippen molar-refractivity contribution in [3.05, 3.63) is 53.3 Å². The number of esters is 1. The molecular formula is C15H15NO2. The molecule has 0 bridgehead atoms. The Labute approximate surface area is 106 Å². The van der Waals surface area contributed by atoms with E-state index in [1.165, 1.54) is 12.7 Å². The van der Waals surface area contributed by atoms with Gasteiger partial charge in [0.1, 0.15) is 5.69 Å². The smallest absolute Gasteiger partial charge is 0.356 e. The lowest BCUT2D eigenvalue weighted by Gasteiger charge is -2.09. The van der Waals surface area contributed by atoms with Crippen molar-refractivity contribution in [2.75, 3.05) is 7.11 Å². The molecule has 18 heavy (non-hydrogen) atoms. The number of hydrogen-bond acceptors (Lipinski definition) is 3. The molecule has 1 heterocycles. The van der Waals surface area contributed by atoms with Crippen LogP contribution in [-0.4, -0.2) is 18.1 Å². The molecule has 0 aliphatic rings. The Bertz CT molecular complexity index is 591. The Morgan fingerprint density at radius 1 is 1.11 bits per heavy atom. The molecule has 0 unspecified atom stereocenters. The maximum Gasteiger partial charge on any atom is 0.356 e. The SMILES string of the molecule is COC(=O)c1cc(C)c(-c2ccccc2C)cn1. The van der Waals surface area contributed by atoms with Crippen LogP contribution in [0.15, 0.2) is 36.5 Å². The largest absolute Gasteiger partial charge is 0.464 e. The minimum atomic E-state index is -0.408. The van der Waals surface area contributed by atoms with Crippen molar-refractivity contribution >= 4 is 5.97 Å². The number of rotatable bonds is 2. The molecule has 1 aromatic heterocycles. The zero-order chi connectivity index (χ0) is 13.1. The molecule has 0 aliphatic carbocycles. The predicted octanol–water partition coefficient (Wildman–Crippen LogP) is 3.15. The highest BCUT2D eigenvalue weighted by atomic mass is 16.5. The van der Waals surface area contributed by atoms with Crippen LogP contribution in [0.3, 0.4) is 0 Å². The fraction of sp³-hybridized carbons (Fsp3) is 0.200. The number of aromatic nitrogens is 1.